The highest BCUT2D eigenvalue weighted by Crippen LogP contribution is 2.37. The molecule has 0 saturated heterocycles. The molecule has 0 spiro atoms. The van der Waals surface area contributed by atoms with E-state index >= 15 is 0 Å². The summed E-state index contributed by atoms with van der Waals surface area (Å²) in [6.07, 6.45) is 1.76. The van der Waals surface area contributed by atoms with Crippen LogP contribution in [0.25, 0.3) is 0 Å². The normalized spacial score (nSPS) is 10.7. The molecule has 0 bridgehead atoms. The first kappa shape index (κ1) is 21.5. The van der Waals surface area contributed by atoms with E-state index < -0.39 is 12.6 Å². The molecule has 0 atom stereocenters. The maximum absolute atomic E-state index is 12.7. The number of alkyl halides is 2. The smallest absolute Gasteiger partial charge is 0.387 e. The quantitative estimate of drug-likeness (QED) is 0.332. The summed E-state index contributed by atoms with van der Waals surface area (Å²) in [7, 11) is 0. The van der Waals surface area contributed by atoms with Gasteiger partial charge < -0.3 is 19.1 Å². The van der Waals surface area contributed by atoms with Gasteiger partial charge in [-0.1, -0.05) is 6.07 Å². The number of thiazole rings is 1. The molecule has 0 amide bonds. The first-order valence-electron chi connectivity index (χ1n) is 9.11. The van der Waals surface area contributed by atoms with Crippen LogP contribution in [0, 0.1) is 0 Å². The van der Waals surface area contributed by atoms with Crippen LogP contribution in [0.2, 0.25) is 0 Å². The van der Waals surface area contributed by atoms with Crippen molar-refractivity contribution < 1.29 is 27.8 Å². The molecule has 0 unspecified atom stereocenters. The molecule has 158 valence electrons. The number of anilines is 2. The Bertz CT molecular complexity index is 983. The third-order valence-electron chi connectivity index (χ3n) is 3.94. The Labute approximate surface area is 176 Å². The van der Waals surface area contributed by atoms with E-state index in [0.717, 1.165) is 10.6 Å². The summed E-state index contributed by atoms with van der Waals surface area (Å²) in [5, 5.41) is 0. The number of rotatable bonds is 9. The van der Waals surface area contributed by atoms with E-state index in [-0.39, 0.29) is 11.5 Å². The Morgan fingerprint density at radius 3 is 2.63 bits per heavy atom. The summed E-state index contributed by atoms with van der Waals surface area (Å²) in [6.45, 7) is 0.895. The van der Waals surface area contributed by atoms with Gasteiger partial charge in [-0.3, -0.25) is 9.78 Å². The number of ether oxygens (including phenoxy) is 3. The molecule has 1 aromatic heterocycles. The number of nitrogens with zero attached hydrogens (tertiary/aromatic N) is 2. The van der Waals surface area contributed by atoms with Crippen molar-refractivity contribution in [2.45, 2.75) is 27.0 Å². The van der Waals surface area contributed by atoms with Crippen molar-refractivity contribution in [3.05, 3.63) is 59.0 Å². The van der Waals surface area contributed by atoms with Gasteiger partial charge in [0.05, 0.1) is 18.7 Å². The van der Waals surface area contributed by atoms with Crippen LogP contribution < -0.4 is 19.1 Å². The molecule has 30 heavy (non-hydrogen) atoms. The molecule has 9 heteroatoms. The molecule has 3 aromatic rings. The Kier molecular flexibility index (Phi) is 7.18. The van der Waals surface area contributed by atoms with E-state index in [1.54, 1.807) is 49.0 Å². The topological polar surface area (TPSA) is 60.9 Å². The summed E-state index contributed by atoms with van der Waals surface area (Å²) in [5.41, 5.74) is 3.16. The van der Waals surface area contributed by atoms with Gasteiger partial charge >= 0.3 is 12.6 Å². The summed E-state index contributed by atoms with van der Waals surface area (Å²) in [4.78, 5) is 18.4. The van der Waals surface area contributed by atoms with E-state index in [0.29, 0.717) is 24.6 Å². The average molecular weight is 434 g/mol. The van der Waals surface area contributed by atoms with Crippen LogP contribution >= 0.6 is 11.3 Å². The molecule has 0 aliphatic carbocycles. The number of benzene rings is 2. The van der Waals surface area contributed by atoms with E-state index in [1.165, 1.54) is 24.3 Å². The van der Waals surface area contributed by atoms with Gasteiger partial charge in [0, 0.05) is 41.5 Å². The average Bonchev–Trinajstić information content (AvgIpc) is 3.20. The van der Waals surface area contributed by atoms with E-state index in [9.17, 15) is 13.6 Å². The summed E-state index contributed by atoms with van der Waals surface area (Å²) >= 11 is 1.49. The minimum absolute atomic E-state index is 0.0398. The van der Waals surface area contributed by atoms with Gasteiger partial charge in [0.1, 0.15) is 5.75 Å². The van der Waals surface area contributed by atoms with Crippen LogP contribution in [0.3, 0.4) is 0 Å². The number of carbonyl (C=O) groups excluding carboxylic acids is 1. The van der Waals surface area contributed by atoms with E-state index in [4.69, 9.17) is 9.47 Å². The molecular weight excluding hydrogens is 414 g/mol. The maximum atomic E-state index is 12.7. The standard InChI is InChI=1S/C21H20F2N2O4S/c1-3-27-20-10-16(7-8-19(20)29-21(22)23)25(12-18-11-24-13-30-18)15-5-4-6-17(9-15)28-14(2)26/h4-11,13,21H,3,12H2,1-2H3. The zero-order valence-electron chi connectivity index (χ0n) is 16.4. The van der Waals surface area contributed by atoms with Crippen LogP contribution in [0.1, 0.15) is 18.7 Å². The first-order chi connectivity index (χ1) is 14.5. The van der Waals surface area contributed by atoms with Gasteiger partial charge in [0.15, 0.2) is 11.5 Å². The van der Waals surface area contributed by atoms with Crippen molar-refractivity contribution in [2.75, 3.05) is 11.5 Å². The Morgan fingerprint density at radius 2 is 1.97 bits per heavy atom. The fourth-order valence-corrected chi connectivity index (χ4v) is 3.40. The molecule has 0 aliphatic heterocycles. The molecule has 0 radical (unpaired) electrons. The molecule has 0 fully saturated rings. The molecule has 0 aliphatic rings. The Balaban J connectivity index is 2.02. The lowest BCUT2D eigenvalue weighted by Gasteiger charge is -2.26. The summed E-state index contributed by atoms with van der Waals surface area (Å²) in [6, 6.07) is 11.8. The molecule has 3 rings (SSSR count). The maximum Gasteiger partial charge on any atom is 0.387 e. The second-order valence-electron chi connectivity index (χ2n) is 6.09. The molecule has 2 aromatic carbocycles. The monoisotopic (exact) mass is 434 g/mol. The van der Waals surface area contributed by atoms with Gasteiger partial charge in [0.25, 0.3) is 0 Å². The van der Waals surface area contributed by atoms with Crippen molar-refractivity contribution in [1.82, 2.24) is 4.98 Å². The second kappa shape index (κ2) is 10.0. The van der Waals surface area contributed by atoms with Crippen LogP contribution in [0.4, 0.5) is 20.2 Å². The predicted octanol–water partition coefficient (Wildman–Crippen LogP) is 5.41. The summed E-state index contributed by atoms with van der Waals surface area (Å²) in [5.74, 6) is 0.146. The van der Waals surface area contributed by atoms with Crippen LogP contribution in [-0.4, -0.2) is 24.2 Å². The number of carbonyl (C=O) groups is 1. The van der Waals surface area contributed by atoms with Gasteiger partial charge in [0.2, 0.25) is 0 Å². The van der Waals surface area contributed by atoms with Crippen molar-refractivity contribution >= 4 is 28.7 Å². The highest BCUT2D eigenvalue weighted by atomic mass is 32.1. The van der Waals surface area contributed by atoms with Crippen molar-refractivity contribution in [2.24, 2.45) is 0 Å². The molecule has 0 saturated carbocycles. The van der Waals surface area contributed by atoms with Crippen molar-refractivity contribution in [3.8, 4) is 17.2 Å². The van der Waals surface area contributed by atoms with Gasteiger partial charge in [-0.05, 0) is 31.2 Å². The predicted molar refractivity (Wildman–Crippen MR) is 110 cm³/mol. The Morgan fingerprint density at radius 1 is 1.17 bits per heavy atom. The van der Waals surface area contributed by atoms with Gasteiger partial charge in [-0.2, -0.15) is 8.78 Å². The highest BCUT2D eigenvalue weighted by molar-refractivity contribution is 7.09. The lowest BCUT2D eigenvalue weighted by Crippen LogP contribution is -2.16. The third kappa shape index (κ3) is 5.66. The number of hydrogen-bond donors (Lipinski definition) is 0. The molecular formula is C21H20F2N2O4S. The zero-order valence-corrected chi connectivity index (χ0v) is 17.2. The fraction of sp³-hybridized carbons (Fsp3) is 0.238. The molecule has 6 nitrogen and oxygen atoms in total. The van der Waals surface area contributed by atoms with Gasteiger partial charge in [-0.15, -0.1) is 11.3 Å². The second-order valence-corrected chi connectivity index (χ2v) is 7.06. The minimum atomic E-state index is -2.95. The van der Waals surface area contributed by atoms with Crippen LogP contribution in [0.15, 0.2) is 54.2 Å². The largest absolute Gasteiger partial charge is 0.490 e. The Hall–Kier alpha value is -3.20. The molecule has 0 N–H and O–H groups in total. The fourth-order valence-electron chi connectivity index (χ4n) is 2.81. The van der Waals surface area contributed by atoms with Gasteiger partial charge in [-0.25, -0.2) is 0 Å². The summed E-state index contributed by atoms with van der Waals surface area (Å²) < 4.78 is 40.7. The van der Waals surface area contributed by atoms with Crippen molar-refractivity contribution in [1.29, 1.82) is 0 Å². The van der Waals surface area contributed by atoms with Crippen LogP contribution in [-0.2, 0) is 11.3 Å². The van der Waals surface area contributed by atoms with Crippen molar-refractivity contribution in [3.63, 3.8) is 0 Å². The van der Waals surface area contributed by atoms with Crippen LogP contribution in [0.5, 0.6) is 17.2 Å². The van der Waals surface area contributed by atoms with E-state index in [2.05, 4.69) is 9.72 Å². The highest BCUT2D eigenvalue weighted by Gasteiger charge is 2.17. The van der Waals surface area contributed by atoms with E-state index in [1.807, 2.05) is 11.0 Å². The number of aromatic nitrogens is 1. The molecule has 1 heterocycles. The SMILES string of the molecule is CCOc1cc(N(Cc2cncs2)c2cccc(OC(C)=O)c2)ccc1OC(F)F. The number of esters is 1. The zero-order chi connectivity index (χ0) is 21.5. The first-order valence-corrected chi connectivity index (χ1v) is 9.99. The number of halogens is 2. The number of hydrogen-bond acceptors (Lipinski definition) is 7. The minimum Gasteiger partial charge on any atom is -0.490 e. The lowest BCUT2D eigenvalue weighted by molar-refractivity contribution is -0.131. The lowest BCUT2D eigenvalue weighted by atomic mass is 10.2. The third-order valence-corrected chi connectivity index (χ3v) is 4.71.